The van der Waals surface area contributed by atoms with E-state index in [1.165, 1.54) is 0 Å². The Balaban J connectivity index is 2.06. The Kier molecular flexibility index (Phi) is 3.18. The maximum Gasteiger partial charge on any atom is 0.241 e. The number of benzene rings is 1. The first-order valence-corrected chi connectivity index (χ1v) is 6.78. The number of hydrogen-bond donors (Lipinski definition) is 1. The molecule has 2 heterocycles. The third-order valence-electron chi connectivity index (χ3n) is 3.84. The number of pyridine rings is 1. The minimum atomic E-state index is 0.154. The van der Waals surface area contributed by atoms with Crippen LogP contribution in [0.4, 0.5) is 11.4 Å². The SMILES string of the molecule is CN1CCCN(c2ccc(N)c3cnccc23)CC1=O. The van der Waals surface area contributed by atoms with Crippen LogP contribution in [0, 0.1) is 0 Å². The molecule has 0 spiro atoms. The summed E-state index contributed by atoms with van der Waals surface area (Å²) in [5.41, 5.74) is 7.77. The number of nitrogen functional groups attached to an aromatic ring is 1. The number of nitrogens with zero attached hydrogens (tertiary/aromatic N) is 3. The second-order valence-electron chi connectivity index (χ2n) is 5.19. The normalized spacial score (nSPS) is 16.6. The summed E-state index contributed by atoms with van der Waals surface area (Å²) in [4.78, 5) is 20.1. The van der Waals surface area contributed by atoms with Gasteiger partial charge in [0.05, 0.1) is 6.54 Å². The quantitative estimate of drug-likeness (QED) is 0.797. The molecule has 104 valence electrons. The summed E-state index contributed by atoms with van der Waals surface area (Å²) in [6, 6.07) is 5.84. The van der Waals surface area contributed by atoms with Crippen molar-refractivity contribution in [2.45, 2.75) is 6.42 Å². The van der Waals surface area contributed by atoms with Crippen LogP contribution in [0.1, 0.15) is 6.42 Å². The topological polar surface area (TPSA) is 62.5 Å². The Labute approximate surface area is 118 Å². The molecule has 20 heavy (non-hydrogen) atoms. The van der Waals surface area contributed by atoms with Gasteiger partial charge in [-0.15, -0.1) is 0 Å². The molecule has 1 aromatic carbocycles. The van der Waals surface area contributed by atoms with Gasteiger partial charge < -0.3 is 15.5 Å². The molecule has 0 bridgehead atoms. The van der Waals surface area contributed by atoms with Crippen molar-refractivity contribution in [2.24, 2.45) is 0 Å². The van der Waals surface area contributed by atoms with Crippen molar-refractivity contribution in [3.8, 4) is 0 Å². The fraction of sp³-hybridized carbons (Fsp3) is 0.333. The fourth-order valence-corrected chi connectivity index (χ4v) is 2.66. The highest BCUT2D eigenvalue weighted by Crippen LogP contribution is 2.30. The van der Waals surface area contributed by atoms with Crippen LogP contribution in [-0.2, 0) is 4.79 Å². The summed E-state index contributed by atoms with van der Waals surface area (Å²) in [5, 5.41) is 1.99. The molecular weight excluding hydrogens is 252 g/mol. The highest BCUT2D eigenvalue weighted by molar-refractivity contribution is 6.01. The lowest BCUT2D eigenvalue weighted by atomic mass is 10.1. The number of likely N-dealkylation sites (N-methyl/N-ethyl adjacent to an activating group) is 1. The zero-order valence-corrected chi connectivity index (χ0v) is 11.5. The van der Waals surface area contributed by atoms with Gasteiger partial charge in [-0.05, 0) is 24.6 Å². The first-order valence-electron chi connectivity index (χ1n) is 6.78. The van der Waals surface area contributed by atoms with Crippen LogP contribution in [0.25, 0.3) is 10.8 Å². The van der Waals surface area contributed by atoms with E-state index in [1.54, 1.807) is 17.3 Å². The van der Waals surface area contributed by atoms with Gasteiger partial charge in [0.15, 0.2) is 0 Å². The van der Waals surface area contributed by atoms with E-state index in [-0.39, 0.29) is 5.91 Å². The summed E-state index contributed by atoms with van der Waals surface area (Å²) >= 11 is 0. The average Bonchev–Trinajstić information content (AvgIpc) is 2.62. The number of rotatable bonds is 1. The molecule has 1 amide bonds. The Morgan fingerprint density at radius 1 is 1.20 bits per heavy atom. The largest absolute Gasteiger partial charge is 0.398 e. The second-order valence-corrected chi connectivity index (χ2v) is 5.19. The van der Waals surface area contributed by atoms with Crippen LogP contribution in [-0.4, -0.2) is 42.5 Å². The molecule has 5 nitrogen and oxygen atoms in total. The first kappa shape index (κ1) is 12.7. The van der Waals surface area contributed by atoms with Crippen molar-refractivity contribution in [1.82, 2.24) is 9.88 Å². The Morgan fingerprint density at radius 3 is 2.90 bits per heavy atom. The highest BCUT2D eigenvalue weighted by Gasteiger charge is 2.20. The van der Waals surface area contributed by atoms with E-state index in [4.69, 9.17) is 5.73 Å². The lowest BCUT2D eigenvalue weighted by Crippen LogP contribution is -2.34. The number of hydrogen-bond acceptors (Lipinski definition) is 4. The van der Waals surface area contributed by atoms with E-state index in [2.05, 4.69) is 9.88 Å². The molecule has 0 aliphatic carbocycles. The van der Waals surface area contributed by atoms with Crippen LogP contribution in [0.5, 0.6) is 0 Å². The molecular formula is C15H18N4O. The van der Waals surface area contributed by atoms with Gasteiger partial charge in [-0.25, -0.2) is 0 Å². The first-order chi connectivity index (χ1) is 9.66. The number of fused-ring (bicyclic) bond motifs is 1. The Hall–Kier alpha value is -2.30. The minimum absolute atomic E-state index is 0.154. The summed E-state index contributed by atoms with van der Waals surface area (Å²) in [6.45, 7) is 2.10. The van der Waals surface area contributed by atoms with Crippen LogP contribution in [0.2, 0.25) is 0 Å². The molecule has 1 aliphatic rings. The average molecular weight is 270 g/mol. The molecule has 1 aromatic heterocycles. The lowest BCUT2D eigenvalue weighted by Gasteiger charge is -2.24. The summed E-state index contributed by atoms with van der Waals surface area (Å²) in [5.74, 6) is 0.154. The summed E-state index contributed by atoms with van der Waals surface area (Å²) < 4.78 is 0. The molecule has 0 unspecified atom stereocenters. The third-order valence-corrected chi connectivity index (χ3v) is 3.84. The van der Waals surface area contributed by atoms with Crippen molar-refractivity contribution < 1.29 is 4.79 Å². The maximum atomic E-state index is 12.0. The molecule has 0 radical (unpaired) electrons. The third kappa shape index (κ3) is 2.15. The van der Waals surface area contributed by atoms with E-state index in [1.807, 2.05) is 25.2 Å². The van der Waals surface area contributed by atoms with Crippen molar-refractivity contribution in [3.63, 3.8) is 0 Å². The number of carbonyl (C=O) groups is 1. The Bertz CT molecular complexity index is 655. The smallest absolute Gasteiger partial charge is 0.241 e. The number of nitrogens with two attached hydrogens (primary N) is 1. The summed E-state index contributed by atoms with van der Waals surface area (Å²) in [7, 11) is 1.86. The van der Waals surface area contributed by atoms with Gasteiger partial charge in [-0.3, -0.25) is 9.78 Å². The van der Waals surface area contributed by atoms with E-state index < -0.39 is 0 Å². The van der Waals surface area contributed by atoms with Crippen molar-refractivity contribution in [3.05, 3.63) is 30.6 Å². The predicted octanol–water partition coefficient (Wildman–Crippen LogP) is 1.49. The molecule has 0 atom stereocenters. The zero-order chi connectivity index (χ0) is 14.1. The molecule has 2 aromatic rings. The molecule has 0 saturated carbocycles. The van der Waals surface area contributed by atoms with Crippen LogP contribution < -0.4 is 10.6 Å². The van der Waals surface area contributed by atoms with Gasteiger partial charge in [-0.1, -0.05) is 0 Å². The van der Waals surface area contributed by atoms with Crippen molar-refractivity contribution >= 4 is 28.1 Å². The number of carbonyl (C=O) groups excluding carboxylic acids is 1. The van der Waals surface area contributed by atoms with E-state index in [0.717, 1.165) is 41.7 Å². The zero-order valence-electron chi connectivity index (χ0n) is 11.5. The molecule has 1 fully saturated rings. The van der Waals surface area contributed by atoms with E-state index in [9.17, 15) is 4.79 Å². The van der Waals surface area contributed by atoms with Gasteiger partial charge in [0.1, 0.15) is 0 Å². The second kappa shape index (κ2) is 5.00. The van der Waals surface area contributed by atoms with Crippen LogP contribution in [0.15, 0.2) is 30.6 Å². The molecule has 2 N–H and O–H groups in total. The maximum absolute atomic E-state index is 12.0. The van der Waals surface area contributed by atoms with Crippen LogP contribution in [0.3, 0.4) is 0 Å². The minimum Gasteiger partial charge on any atom is -0.398 e. The van der Waals surface area contributed by atoms with Gasteiger partial charge in [0.25, 0.3) is 0 Å². The van der Waals surface area contributed by atoms with Crippen LogP contribution >= 0.6 is 0 Å². The van der Waals surface area contributed by atoms with E-state index >= 15 is 0 Å². The highest BCUT2D eigenvalue weighted by atomic mass is 16.2. The summed E-state index contributed by atoms with van der Waals surface area (Å²) in [6.07, 6.45) is 4.51. The Morgan fingerprint density at radius 2 is 2.05 bits per heavy atom. The number of aromatic nitrogens is 1. The predicted molar refractivity (Wildman–Crippen MR) is 80.6 cm³/mol. The standard InChI is InChI=1S/C15H18N4O/c1-18-7-2-8-19(10-15(18)20)14-4-3-13(16)12-9-17-6-5-11(12)14/h3-6,9H,2,7-8,10,16H2,1H3. The number of anilines is 2. The van der Waals surface area contributed by atoms with Gasteiger partial charge in [0.2, 0.25) is 5.91 Å². The van der Waals surface area contributed by atoms with Gasteiger partial charge in [0, 0.05) is 54.7 Å². The molecule has 1 aliphatic heterocycles. The molecule has 5 heteroatoms. The van der Waals surface area contributed by atoms with Gasteiger partial charge in [-0.2, -0.15) is 0 Å². The molecule has 3 rings (SSSR count). The van der Waals surface area contributed by atoms with Crippen molar-refractivity contribution in [2.75, 3.05) is 37.3 Å². The monoisotopic (exact) mass is 270 g/mol. The van der Waals surface area contributed by atoms with Crippen molar-refractivity contribution in [1.29, 1.82) is 0 Å². The van der Waals surface area contributed by atoms with Gasteiger partial charge >= 0.3 is 0 Å². The molecule has 1 saturated heterocycles. The fourth-order valence-electron chi connectivity index (χ4n) is 2.66. The number of amides is 1. The van der Waals surface area contributed by atoms with E-state index in [0.29, 0.717) is 6.54 Å². The lowest BCUT2D eigenvalue weighted by molar-refractivity contribution is -0.127.